The van der Waals surface area contributed by atoms with Gasteiger partial charge in [0.1, 0.15) is 4.90 Å². The molecule has 0 saturated carbocycles. The van der Waals surface area contributed by atoms with Crippen LogP contribution in [0.5, 0.6) is 0 Å². The summed E-state index contributed by atoms with van der Waals surface area (Å²) in [5, 5.41) is 8.13. The molecule has 0 aliphatic rings. The molecule has 0 amide bonds. The standard InChI is InChI=1S/C12H15N5O2S/c1-8-5-16-10(6-15-8)7-17-11-3-2-9(13)4-12(11)20(14,18)19/h2-6,17H,7,13H2,1H3,(H2,14,18,19). The number of hydrogen-bond acceptors (Lipinski definition) is 6. The van der Waals surface area contributed by atoms with Gasteiger partial charge in [-0.05, 0) is 25.1 Å². The molecule has 0 aliphatic carbocycles. The van der Waals surface area contributed by atoms with E-state index in [1.165, 1.54) is 6.07 Å². The zero-order valence-corrected chi connectivity index (χ0v) is 11.7. The normalized spacial score (nSPS) is 11.3. The second-order valence-corrected chi connectivity index (χ2v) is 5.83. The van der Waals surface area contributed by atoms with Crippen molar-refractivity contribution in [2.75, 3.05) is 11.1 Å². The predicted octanol–water partition coefficient (Wildman–Crippen LogP) is 0.627. The fourth-order valence-corrected chi connectivity index (χ4v) is 2.36. The van der Waals surface area contributed by atoms with E-state index in [9.17, 15) is 8.42 Å². The first-order valence-corrected chi connectivity index (χ1v) is 7.34. The van der Waals surface area contributed by atoms with Crippen LogP contribution in [0.3, 0.4) is 0 Å². The molecule has 7 nitrogen and oxygen atoms in total. The third-order valence-corrected chi connectivity index (χ3v) is 3.56. The van der Waals surface area contributed by atoms with Crippen LogP contribution in [0.1, 0.15) is 11.4 Å². The summed E-state index contributed by atoms with van der Waals surface area (Å²) in [6.07, 6.45) is 3.26. The molecular weight excluding hydrogens is 278 g/mol. The van der Waals surface area contributed by atoms with Crippen molar-refractivity contribution in [2.24, 2.45) is 5.14 Å². The Labute approximate surface area is 117 Å². The summed E-state index contributed by atoms with van der Waals surface area (Å²) in [6.45, 7) is 2.17. The third kappa shape index (κ3) is 3.43. The van der Waals surface area contributed by atoms with E-state index >= 15 is 0 Å². The number of anilines is 2. The average Bonchev–Trinajstić information content (AvgIpc) is 2.38. The van der Waals surface area contributed by atoms with E-state index in [0.717, 1.165) is 5.69 Å². The van der Waals surface area contributed by atoms with Crippen LogP contribution in [0.25, 0.3) is 0 Å². The van der Waals surface area contributed by atoms with Gasteiger partial charge in [0, 0.05) is 11.9 Å². The van der Waals surface area contributed by atoms with Crippen LogP contribution in [0.4, 0.5) is 11.4 Å². The Morgan fingerprint density at radius 1 is 1.25 bits per heavy atom. The van der Waals surface area contributed by atoms with Gasteiger partial charge in [-0.2, -0.15) is 0 Å². The highest BCUT2D eigenvalue weighted by molar-refractivity contribution is 7.89. The van der Waals surface area contributed by atoms with Gasteiger partial charge in [0.15, 0.2) is 0 Å². The summed E-state index contributed by atoms with van der Waals surface area (Å²) in [5.41, 5.74) is 7.78. The number of nitrogens with zero attached hydrogens (tertiary/aromatic N) is 2. The van der Waals surface area contributed by atoms with E-state index in [0.29, 0.717) is 23.6 Å². The van der Waals surface area contributed by atoms with E-state index < -0.39 is 10.0 Å². The first-order valence-electron chi connectivity index (χ1n) is 5.80. The maximum absolute atomic E-state index is 11.5. The molecule has 20 heavy (non-hydrogen) atoms. The SMILES string of the molecule is Cc1cnc(CNc2ccc(N)cc2S(N)(=O)=O)cn1. The number of sulfonamides is 1. The van der Waals surface area contributed by atoms with Gasteiger partial charge < -0.3 is 11.1 Å². The van der Waals surface area contributed by atoms with Crippen molar-refractivity contribution in [2.45, 2.75) is 18.4 Å². The highest BCUT2D eigenvalue weighted by atomic mass is 32.2. The summed E-state index contributed by atoms with van der Waals surface area (Å²) >= 11 is 0. The molecule has 0 atom stereocenters. The maximum Gasteiger partial charge on any atom is 0.240 e. The molecule has 0 bridgehead atoms. The zero-order chi connectivity index (χ0) is 14.8. The topological polar surface area (TPSA) is 124 Å². The Kier molecular flexibility index (Phi) is 3.86. The molecule has 2 aromatic rings. The highest BCUT2D eigenvalue weighted by Crippen LogP contribution is 2.23. The van der Waals surface area contributed by atoms with Gasteiger partial charge >= 0.3 is 0 Å². The molecule has 0 unspecified atom stereocenters. The van der Waals surface area contributed by atoms with E-state index in [1.807, 2.05) is 6.92 Å². The highest BCUT2D eigenvalue weighted by Gasteiger charge is 2.14. The van der Waals surface area contributed by atoms with Crippen molar-refractivity contribution in [3.63, 3.8) is 0 Å². The predicted molar refractivity (Wildman–Crippen MR) is 76.3 cm³/mol. The lowest BCUT2D eigenvalue weighted by Gasteiger charge is -2.11. The number of aryl methyl sites for hydroxylation is 1. The molecule has 2 rings (SSSR count). The van der Waals surface area contributed by atoms with E-state index in [4.69, 9.17) is 10.9 Å². The van der Waals surface area contributed by atoms with Crippen molar-refractivity contribution in [3.8, 4) is 0 Å². The Bertz CT molecular complexity index is 713. The number of hydrogen-bond donors (Lipinski definition) is 3. The zero-order valence-electron chi connectivity index (χ0n) is 10.9. The molecule has 1 aromatic carbocycles. The number of nitrogens with two attached hydrogens (primary N) is 2. The van der Waals surface area contributed by atoms with Crippen molar-refractivity contribution >= 4 is 21.4 Å². The Balaban J connectivity index is 2.23. The molecule has 0 aliphatic heterocycles. The fraction of sp³-hybridized carbons (Fsp3) is 0.167. The molecule has 1 heterocycles. The van der Waals surface area contributed by atoms with Crippen LogP contribution < -0.4 is 16.2 Å². The number of primary sulfonamides is 1. The van der Waals surface area contributed by atoms with Crippen LogP contribution in [-0.2, 0) is 16.6 Å². The van der Waals surface area contributed by atoms with Crippen molar-refractivity contribution in [3.05, 3.63) is 42.0 Å². The van der Waals surface area contributed by atoms with Gasteiger partial charge in [0.05, 0.1) is 29.8 Å². The second-order valence-electron chi connectivity index (χ2n) is 4.30. The molecule has 0 spiro atoms. The summed E-state index contributed by atoms with van der Waals surface area (Å²) < 4.78 is 23.0. The van der Waals surface area contributed by atoms with Gasteiger partial charge in [-0.25, -0.2) is 13.6 Å². The Hall–Kier alpha value is -2.19. The van der Waals surface area contributed by atoms with E-state index in [2.05, 4.69) is 15.3 Å². The Morgan fingerprint density at radius 2 is 2.00 bits per heavy atom. The first kappa shape index (κ1) is 14.2. The van der Waals surface area contributed by atoms with Gasteiger partial charge in [-0.1, -0.05) is 0 Å². The maximum atomic E-state index is 11.5. The summed E-state index contributed by atoms with van der Waals surface area (Å²) in [6, 6.07) is 4.48. The smallest absolute Gasteiger partial charge is 0.240 e. The summed E-state index contributed by atoms with van der Waals surface area (Å²) in [7, 11) is -3.85. The average molecular weight is 293 g/mol. The lowest BCUT2D eigenvalue weighted by molar-refractivity contribution is 0.598. The lowest BCUT2D eigenvalue weighted by atomic mass is 10.3. The molecule has 0 radical (unpaired) electrons. The first-order chi connectivity index (χ1) is 9.36. The van der Waals surface area contributed by atoms with Crippen molar-refractivity contribution in [1.29, 1.82) is 0 Å². The van der Waals surface area contributed by atoms with Crippen molar-refractivity contribution < 1.29 is 8.42 Å². The Morgan fingerprint density at radius 3 is 2.60 bits per heavy atom. The van der Waals surface area contributed by atoms with Gasteiger partial charge in [-0.3, -0.25) is 9.97 Å². The molecular formula is C12H15N5O2S. The number of rotatable bonds is 4. The number of benzene rings is 1. The van der Waals surface area contributed by atoms with Gasteiger partial charge in [0.25, 0.3) is 0 Å². The number of nitrogens with one attached hydrogen (secondary N) is 1. The van der Waals surface area contributed by atoms with Crippen LogP contribution >= 0.6 is 0 Å². The minimum absolute atomic E-state index is 0.0439. The summed E-state index contributed by atoms with van der Waals surface area (Å²) in [5.74, 6) is 0. The monoisotopic (exact) mass is 293 g/mol. The second kappa shape index (κ2) is 5.43. The van der Waals surface area contributed by atoms with Gasteiger partial charge in [0.2, 0.25) is 10.0 Å². The van der Waals surface area contributed by atoms with E-state index in [-0.39, 0.29) is 4.90 Å². The lowest BCUT2D eigenvalue weighted by Crippen LogP contribution is -2.15. The molecule has 5 N–H and O–H groups in total. The van der Waals surface area contributed by atoms with Crippen LogP contribution in [0.2, 0.25) is 0 Å². The minimum atomic E-state index is -3.85. The molecule has 1 aromatic heterocycles. The van der Waals surface area contributed by atoms with Crippen LogP contribution in [-0.4, -0.2) is 18.4 Å². The summed E-state index contributed by atoms with van der Waals surface area (Å²) in [4.78, 5) is 8.24. The fourth-order valence-electron chi connectivity index (χ4n) is 1.62. The number of aromatic nitrogens is 2. The van der Waals surface area contributed by atoms with Crippen molar-refractivity contribution in [1.82, 2.24) is 9.97 Å². The largest absolute Gasteiger partial charge is 0.399 e. The number of nitrogen functional groups attached to an aromatic ring is 1. The third-order valence-electron chi connectivity index (χ3n) is 2.61. The van der Waals surface area contributed by atoms with Gasteiger partial charge in [-0.15, -0.1) is 0 Å². The van der Waals surface area contributed by atoms with E-state index in [1.54, 1.807) is 24.5 Å². The molecule has 0 fully saturated rings. The quantitative estimate of drug-likeness (QED) is 0.710. The molecule has 0 saturated heterocycles. The van der Waals surface area contributed by atoms with Crippen LogP contribution in [0.15, 0.2) is 35.5 Å². The molecule has 8 heteroatoms. The molecule has 106 valence electrons. The van der Waals surface area contributed by atoms with Crippen LogP contribution in [0, 0.1) is 6.92 Å². The minimum Gasteiger partial charge on any atom is -0.399 e.